The van der Waals surface area contributed by atoms with E-state index >= 15 is 0 Å². The van der Waals surface area contributed by atoms with Crippen molar-refractivity contribution in [3.05, 3.63) is 5.51 Å². The molecule has 18 heavy (non-hydrogen) atoms. The Balaban J connectivity index is 1.67. The summed E-state index contributed by atoms with van der Waals surface area (Å²) in [5, 5.41) is 9.13. The minimum atomic E-state index is -0.226. The number of rotatable bonds is 3. The third-order valence-corrected chi connectivity index (χ3v) is 4.95. The van der Waals surface area contributed by atoms with Crippen LogP contribution in [0.4, 0.5) is 9.52 Å². The van der Waals surface area contributed by atoms with E-state index < -0.39 is 0 Å². The van der Waals surface area contributed by atoms with Crippen molar-refractivity contribution in [2.45, 2.75) is 19.3 Å². The largest absolute Gasteiger partial charge is 0.346 e. The number of piperidine rings is 1. The molecule has 3 rings (SSSR count). The molecule has 0 bridgehead atoms. The average molecular weight is 270 g/mol. The molecule has 1 aromatic heterocycles. The second kappa shape index (κ2) is 5.09. The lowest BCUT2D eigenvalue weighted by Gasteiger charge is -2.40. The number of nitrogens with zero attached hydrogens (tertiary/aromatic N) is 4. The number of hydrogen-bond acceptors (Lipinski definition) is 5. The molecule has 0 saturated carbocycles. The minimum Gasteiger partial charge on any atom is -0.346 e. The molecular weight excluding hydrogens is 251 g/mol. The summed E-state index contributed by atoms with van der Waals surface area (Å²) in [7, 11) is 0. The van der Waals surface area contributed by atoms with Gasteiger partial charge in [-0.05, 0) is 25.8 Å². The van der Waals surface area contributed by atoms with Gasteiger partial charge in [0.05, 0.1) is 0 Å². The zero-order valence-electron chi connectivity index (χ0n) is 10.5. The highest BCUT2D eigenvalue weighted by Crippen LogP contribution is 2.40. The van der Waals surface area contributed by atoms with Crippen LogP contribution in [0.3, 0.4) is 0 Å². The number of hydrogen-bond donors (Lipinski definition) is 0. The zero-order chi connectivity index (χ0) is 12.4. The van der Waals surface area contributed by atoms with Gasteiger partial charge in [-0.3, -0.25) is 0 Å². The Morgan fingerprint density at radius 1 is 1.33 bits per heavy atom. The topological polar surface area (TPSA) is 32.3 Å². The maximum atomic E-state index is 12.4. The van der Waals surface area contributed by atoms with E-state index in [1.165, 1.54) is 19.3 Å². The zero-order valence-corrected chi connectivity index (χ0v) is 11.3. The summed E-state index contributed by atoms with van der Waals surface area (Å²) in [6, 6.07) is 0. The normalized spacial score (nSPS) is 29.3. The first-order chi connectivity index (χ1) is 8.81. The molecule has 1 spiro atoms. The fourth-order valence-electron chi connectivity index (χ4n) is 3.35. The molecule has 2 aliphatic rings. The Labute approximate surface area is 111 Å². The predicted molar refractivity (Wildman–Crippen MR) is 70.8 cm³/mol. The fourth-order valence-corrected chi connectivity index (χ4v) is 3.94. The summed E-state index contributed by atoms with van der Waals surface area (Å²) in [6.07, 6.45) is 3.68. The average Bonchev–Trinajstić information content (AvgIpc) is 3.01. The fraction of sp³-hybridized carbons (Fsp3) is 0.833. The van der Waals surface area contributed by atoms with Gasteiger partial charge in [0, 0.05) is 31.6 Å². The third kappa shape index (κ3) is 2.36. The number of alkyl halides is 1. The van der Waals surface area contributed by atoms with Gasteiger partial charge in [-0.25, -0.2) is 4.39 Å². The van der Waals surface area contributed by atoms with Gasteiger partial charge in [-0.15, -0.1) is 10.2 Å². The Morgan fingerprint density at radius 3 is 3.06 bits per heavy atom. The molecule has 6 heteroatoms. The standard InChI is InChI=1S/C12H19FN4S/c13-4-7-16-6-3-12(8-16)2-1-5-17(9-12)11-15-14-10-18-11/h10H,1-9H2. The molecule has 100 valence electrons. The highest BCUT2D eigenvalue weighted by molar-refractivity contribution is 7.13. The first-order valence-corrected chi connectivity index (χ1v) is 7.49. The van der Waals surface area contributed by atoms with Gasteiger partial charge in [0.25, 0.3) is 0 Å². The lowest BCUT2D eigenvalue weighted by atomic mass is 9.79. The van der Waals surface area contributed by atoms with Crippen molar-refractivity contribution in [2.75, 3.05) is 44.3 Å². The van der Waals surface area contributed by atoms with Crippen molar-refractivity contribution in [3.8, 4) is 0 Å². The van der Waals surface area contributed by atoms with Crippen LogP contribution in [-0.4, -0.2) is 54.5 Å². The summed E-state index contributed by atoms with van der Waals surface area (Å²) in [5.41, 5.74) is 2.15. The van der Waals surface area contributed by atoms with E-state index in [-0.39, 0.29) is 6.67 Å². The first-order valence-electron chi connectivity index (χ1n) is 6.61. The highest BCUT2D eigenvalue weighted by atomic mass is 32.1. The Kier molecular flexibility index (Phi) is 3.48. The van der Waals surface area contributed by atoms with Crippen LogP contribution in [0.1, 0.15) is 19.3 Å². The molecule has 2 fully saturated rings. The second-order valence-electron chi connectivity index (χ2n) is 5.46. The van der Waals surface area contributed by atoms with Crippen LogP contribution < -0.4 is 4.90 Å². The molecular formula is C12H19FN4S. The monoisotopic (exact) mass is 270 g/mol. The minimum absolute atomic E-state index is 0.226. The van der Waals surface area contributed by atoms with Gasteiger partial charge in [0.15, 0.2) is 0 Å². The molecule has 2 aliphatic heterocycles. The SMILES string of the molecule is FCCN1CCC2(CCCN(c3nncs3)C2)C1. The molecule has 0 amide bonds. The highest BCUT2D eigenvalue weighted by Gasteiger charge is 2.41. The van der Waals surface area contributed by atoms with E-state index in [0.717, 1.165) is 31.3 Å². The lowest BCUT2D eigenvalue weighted by Crippen LogP contribution is -2.45. The molecule has 1 unspecified atom stereocenters. The van der Waals surface area contributed by atoms with Crippen molar-refractivity contribution in [3.63, 3.8) is 0 Å². The van der Waals surface area contributed by atoms with E-state index in [0.29, 0.717) is 12.0 Å². The summed E-state index contributed by atoms with van der Waals surface area (Å²) >= 11 is 1.61. The van der Waals surface area contributed by atoms with E-state index in [9.17, 15) is 4.39 Å². The van der Waals surface area contributed by atoms with E-state index in [1.807, 2.05) is 0 Å². The number of anilines is 1. The van der Waals surface area contributed by atoms with Crippen LogP contribution in [0.5, 0.6) is 0 Å². The molecule has 0 aliphatic carbocycles. The van der Waals surface area contributed by atoms with Crippen molar-refractivity contribution >= 4 is 16.5 Å². The van der Waals surface area contributed by atoms with Crippen LogP contribution in [0, 0.1) is 5.41 Å². The molecule has 2 saturated heterocycles. The Morgan fingerprint density at radius 2 is 2.28 bits per heavy atom. The van der Waals surface area contributed by atoms with Crippen molar-refractivity contribution in [2.24, 2.45) is 5.41 Å². The van der Waals surface area contributed by atoms with Crippen LogP contribution in [0.25, 0.3) is 0 Å². The van der Waals surface area contributed by atoms with Crippen molar-refractivity contribution in [1.29, 1.82) is 0 Å². The van der Waals surface area contributed by atoms with Gasteiger partial charge < -0.3 is 9.80 Å². The molecule has 3 heterocycles. The molecule has 1 aromatic rings. The Bertz CT molecular complexity index is 385. The van der Waals surface area contributed by atoms with Crippen LogP contribution in [0.2, 0.25) is 0 Å². The maximum Gasteiger partial charge on any atom is 0.208 e. The summed E-state index contributed by atoms with van der Waals surface area (Å²) in [6.45, 7) is 4.61. The van der Waals surface area contributed by atoms with Crippen molar-refractivity contribution in [1.82, 2.24) is 15.1 Å². The second-order valence-corrected chi connectivity index (χ2v) is 6.27. The first kappa shape index (κ1) is 12.3. The predicted octanol–water partition coefficient (Wildman–Crippen LogP) is 1.80. The summed E-state index contributed by atoms with van der Waals surface area (Å²) in [5.74, 6) is 0. The molecule has 4 nitrogen and oxygen atoms in total. The number of aromatic nitrogens is 2. The lowest BCUT2D eigenvalue weighted by molar-refractivity contribution is 0.212. The van der Waals surface area contributed by atoms with E-state index in [1.54, 1.807) is 16.8 Å². The molecule has 0 aromatic carbocycles. The summed E-state index contributed by atoms with van der Waals surface area (Å²) < 4.78 is 12.4. The van der Waals surface area contributed by atoms with E-state index in [2.05, 4.69) is 20.0 Å². The maximum absolute atomic E-state index is 12.4. The van der Waals surface area contributed by atoms with Gasteiger partial charge in [0.1, 0.15) is 12.2 Å². The molecule has 1 atom stereocenters. The van der Waals surface area contributed by atoms with Crippen LogP contribution in [-0.2, 0) is 0 Å². The van der Waals surface area contributed by atoms with E-state index in [4.69, 9.17) is 0 Å². The third-order valence-electron chi connectivity index (χ3n) is 4.20. The van der Waals surface area contributed by atoms with Gasteiger partial charge in [0.2, 0.25) is 5.13 Å². The van der Waals surface area contributed by atoms with Crippen LogP contribution in [0.15, 0.2) is 5.51 Å². The Hall–Kier alpha value is -0.750. The molecule has 0 radical (unpaired) electrons. The number of halogens is 1. The van der Waals surface area contributed by atoms with Crippen molar-refractivity contribution < 1.29 is 4.39 Å². The smallest absolute Gasteiger partial charge is 0.208 e. The van der Waals surface area contributed by atoms with Gasteiger partial charge in [-0.1, -0.05) is 11.3 Å². The number of likely N-dealkylation sites (tertiary alicyclic amines) is 1. The summed E-state index contributed by atoms with van der Waals surface area (Å²) in [4.78, 5) is 4.63. The van der Waals surface area contributed by atoms with Crippen LogP contribution >= 0.6 is 11.3 Å². The quantitative estimate of drug-likeness (QED) is 0.838. The molecule has 0 N–H and O–H groups in total. The van der Waals surface area contributed by atoms with Gasteiger partial charge >= 0.3 is 0 Å². The van der Waals surface area contributed by atoms with Gasteiger partial charge in [-0.2, -0.15) is 0 Å².